The first kappa shape index (κ1) is 17.1. The predicted octanol–water partition coefficient (Wildman–Crippen LogP) is 0.944. The lowest BCUT2D eigenvalue weighted by Crippen LogP contribution is -2.40. The van der Waals surface area contributed by atoms with Crippen molar-refractivity contribution in [1.29, 1.82) is 0 Å². The number of rotatable bonds is 5. The number of nitrogens with one attached hydrogen (secondary N) is 1. The fraction of sp³-hybridized carbons (Fsp3) is 0.333. The Morgan fingerprint density at radius 1 is 1.26 bits per heavy atom. The van der Waals surface area contributed by atoms with Gasteiger partial charge in [0, 0.05) is 38.8 Å². The number of hydrazone groups is 1. The van der Waals surface area contributed by atoms with Crippen molar-refractivity contribution in [3.05, 3.63) is 42.0 Å². The van der Waals surface area contributed by atoms with Gasteiger partial charge in [0.2, 0.25) is 12.7 Å². The molecule has 140 valence electrons. The molecule has 0 radical (unpaired) electrons. The highest BCUT2D eigenvalue weighted by Gasteiger charge is 2.25. The van der Waals surface area contributed by atoms with Crippen LogP contribution in [0.5, 0.6) is 11.5 Å². The molecule has 0 saturated heterocycles. The lowest BCUT2D eigenvalue weighted by molar-refractivity contribution is -0.125. The third-order valence-corrected chi connectivity index (χ3v) is 4.50. The van der Waals surface area contributed by atoms with Crippen molar-refractivity contribution in [2.45, 2.75) is 25.9 Å². The van der Waals surface area contributed by atoms with Gasteiger partial charge >= 0.3 is 0 Å². The van der Waals surface area contributed by atoms with E-state index in [1.165, 1.54) is 0 Å². The van der Waals surface area contributed by atoms with Crippen LogP contribution in [0.4, 0.5) is 0 Å². The summed E-state index contributed by atoms with van der Waals surface area (Å²) in [6, 6.07) is 5.60. The molecule has 0 bridgehead atoms. The molecule has 0 fully saturated rings. The minimum absolute atomic E-state index is 0.182. The monoisotopic (exact) mass is 369 g/mol. The van der Waals surface area contributed by atoms with E-state index in [1.54, 1.807) is 11.1 Å². The fourth-order valence-electron chi connectivity index (χ4n) is 2.99. The summed E-state index contributed by atoms with van der Waals surface area (Å²) in [5, 5.41) is 3.94. The Hall–Kier alpha value is -3.36. The first-order valence-electron chi connectivity index (χ1n) is 8.59. The van der Waals surface area contributed by atoms with Crippen LogP contribution in [0.3, 0.4) is 0 Å². The Balaban J connectivity index is 1.58. The molecule has 0 spiro atoms. The van der Waals surface area contributed by atoms with Crippen molar-refractivity contribution >= 4 is 17.5 Å². The average Bonchev–Trinajstić information content (AvgIpc) is 3.30. The highest BCUT2D eigenvalue weighted by Crippen LogP contribution is 2.33. The zero-order valence-electron chi connectivity index (χ0n) is 14.8. The maximum absolute atomic E-state index is 13.0. The summed E-state index contributed by atoms with van der Waals surface area (Å²) in [6.45, 7) is 0.879. The molecule has 4 rings (SSSR count). The van der Waals surface area contributed by atoms with Crippen LogP contribution in [-0.4, -0.2) is 38.8 Å². The summed E-state index contributed by atoms with van der Waals surface area (Å²) in [4.78, 5) is 30.3. The summed E-state index contributed by atoms with van der Waals surface area (Å²) in [6.07, 6.45) is 4.10. The smallest absolute Gasteiger partial charge is 0.270 e. The minimum Gasteiger partial charge on any atom is -0.454 e. The zero-order chi connectivity index (χ0) is 18.8. The van der Waals surface area contributed by atoms with E-state index in [4.69, 9.17) is 9.47 Å². The summed E-state index contributed by atoms with van der Waals surface area (Å²) in [7, 11) is 1.88. The molecule has 2 aromatic rings. The number of carbonyl (C=O) groups excluding carboxylic acids is 2. The molecule has 2 aliphatic heterocycles. The number of hydrogen-bond donors (Lipinski definition) is 1. The van der Waals surface area contributed by atoms with Gasteiger partial charge in [0.1, 0.15) is 11.5 Å². The lowest BCUT2D eigenvalue weighted by Gasteiger charge is -2.24. The molecule has 2 amide bonds. The first-order chi connectivity index (χ1) is 13.1. The van der Waals surface area contributed by atoms with Gasteiger partial charge in [-0.15, -0.1) is 0 Å². The van der Waals surface area contributed by atoms with Crippen LogP contribution in [0.2, 0.25) is 0 Å². The van der Waals surface area contributed by atoms with Crippen molar-refractivity contribution < 1.29 is 19.1 Å². The molecular weight excluding hydrogens is 350 g/mol. The number of imidazole rings is 1. The first-order valence-corrected chi connectivity index (χ1v) is 8.59. The Morgan fingerprint density at radius 3 is 2.85 bits per heavy atom. The summed E-state index contributed by atoms with van der Waals surface area (Å²) >= 11 is 0. The van der Waals surface area contributed by atoms with E-state index in [0.29, 0.717) is 36.7 Å². The molecular formula is C18H19N5O4. The van der Waals surface area contributed by atoms with Crippen molar-refractivity contribution in [2.75, 3.05) is 6.79 Å². The molecule has 2 aliphatic rings. The summed E-state index contributed by atoms with van der Waals surface area (Å²) in [5.74, 6) is 1.71. The van der Waals surface area contributed by atoms with Gasteiger partial charge in [-0.05, 0) is 17.7 Å². The second kappa shape index (κ2) is 7.10. The van der Waals surface area contributed by atoms with E-state index >= 15 is 0 Å². The molecule has 0 aliphatic carbocycles. The maximum atomic E-state index is 13.0. The van der Waals surface area contributed by atoms with Gasteiger partial charge in [-0.2, -0.15) is 5.10 Å². The molecule has 1 aromatic heterocycles. The van der Waals surface area contributed by atoms with E-state index < -0.39 is 0 Å². The molecule has 27 heavy (non-hydrogen) atoms. The van der Waals surface area contributed by atoms with E-state index in [1.807, 2.05) is 36.0 Å². The number of hydrogen-bond acceptors (Lipinski definition) is 6. The number of benzene rings is 1. The van der Waals surface area contributed by atoms with Crippen LogP contribution in [0.15, 0.2) is 35.7 Å². The third-order valence-electron chi connectivity index (χ3n) is 4.50. The summed E-state index contributed by atoms with van der Waals surface area (Å²) in [5.41, 5.74) is 3.62. The van der Waals surface area contributed by atoms with Gasteiger partial charge in [-0.25, -0.2) is 10.4 Å². The number of amides is 2. The van der Waals surface area contributed by atoms with Gasteiger partial charge in [0.15, 0.2) is 11.5 Å². The van der Waals surface area contributed by atoms with Crippen LogP contribution in [-0.2, 0) is 29.7 Å². The van der Waals surface area contributed by atoms with Gasteiger partial charge in [0.25, 0.3) is 5.91 Å². The Bertz CT molecular complexity index is 920. The fourth-order valence-corrected chi connectivity index (χ4v) is 2.99. The normalized spacial score (nSPS) is 15.3. The predicted molar refractivity (Wildman–Crippen MR) is 94.8 cm³/mol. The SMILES string of the molecule is Cn1ccnc1CN(Cc1ccc2c(c1)OCO2)C(=O)C1=NNC(=O)CC1. The molecule has 9 heteroatoms. The van der Waals surface area contributed by atoms with Gasteiger partial charge in [-0.1, -0.05) is 6.07 Å². The van der Waals surface area contributed by atoms with E-state index in [0.717, 1.165) is 11.4 Å². The topological polar surface area (TPSA) is 98.1 Å². The molecule has 0 atom stereocenters. The minimum atomic E-state index is -0.226. The lowest BCUT2D eigenvalue weighted by atomic mass is 10.1. The average molecular weight is 369 g/mol. The van der Waals surface area contributed by atoms with Gasteiger partial charge < -0.3 is 18.9 Å². The van der Waals surface area contributed by atoms with Crippen LogP contribution in [0.25, 0.3) is 0 Å². The number of aryl methyl sites for hydroxylation is 1. The molecule has 3 heterocycles. The highest BCUT2D eigenvalue weighted by molar-refractivity contribution is 6.39. The van der Waals surface area contributed by atoms with Crippen molar-refractivity contribution in [3.63, 3.8) is 0 Å². The van der Waals surface area contributed by atoms with Gasteiger partial charge in [-0.3, -0.25) is 9.59 Å². The van der Waals surface area contributed by atoms with Crippen molar-refractivity contribution in [2.24, 2.45) is 12.1 Å². The highest BCUT2D eigenvalue weighted by atomic mass is 16.7. The van der Waals surface area contributed by atoms with E-state index in [9.17, 15) is 9.59 Å². The molecule has 9 nitrogen and oxygen atoms in total. The molecule has 0 saturated carbocycles. The van der Waals surface area contributed by atoms with Crippen molar-refractivity contribution in [1.82, 2.24) is 19.9 Å². The second-order valence-corrected chi connectivity index (χ2v) is 6.40. The quantitative estimate of drug-likeness (QED) is 0.846. The Morgan fingerprint density at radius 2 is 2.11 bits per heavy atom. The van der Waals surface area contributed by atoms with E-state index in [2.05, 4.69) is 15.5 Å². The van der Waals surface area contributed by atoms with Crippen LogP contribution < -0.4 is 14.9 Å². The van der Waals surface area contributed by atoms with Gasteiger partial charge in [0.05, 0.1) is 6.54 Å². The summed E-state index contributed by atoms with van der Waals surface area (Å²) < 4.78 is 12.6. The third kappa shape index (κ3) is 3.62. The number of nitrogens with zero attached hydrogens (tertiary/aromatic N) is 4. The van der Waals surface area contributed by atoms with Crippen LogP contribution in [0, 0.1) is 0 Å². The standard InChI is InChI=1S/C18H19N5O4/c1-22-7-6-19-16(22)10-23(18(25)13-3-5-17(24)21-20-13)9-12-2-4-14-15(8-12)27-11-26-14/h2,4,6-8H,3,5,9-11H2,1H3,(H,21,24). The number of aromatic nitrogens is 2. The maximum Gasteiger partial charge on any atom is 0.270 e. The molecule has 1 N–H and O–H groups in total. The van der Waals surface area contributed by atoms with E-state index in [-0.39, 0.29) is 25.0 Å². The molecule has 0 unspecified atom stereocenters. The van der Waals surface area contributed by atoms with Crippen LogP contribution >= 0.6 is 0 Å². The second-order valence-electron chi connectivity index (χ2n) is 6.40. The number of ether oxygens (including phenoxy) is 2. The molecule has 1 aromatic carbocycles. The number of fused-ring (bicyclic) bond motifs is 1. The Kier molecular flexibility index (Phi) is 4.49. The largest absolute Gasteiger partial charge is 0.454 e. The van der Waals surface area contributed by atoms with Crippen molar-refractivity contribution in [3.8, 4) is 11.5 Å². The Labute approximate surface area is 155 Å². The zero-order valence-corrected chi connectivity index (χ0v) is 14.8. The van der Waals surface area contributed by atoms with Crippen LogP contribution in [0.1, 0.15) is 24.2 Å². The number of carbonyl (C=O) groups is 2.